The molecule has 0 saturated heterocycles. The van der Waals surface area contributed by atoms with E-state index < -0.39 is 0 Å². The Kier molecular flexibility index (Phi) is 3.88. The van der Waals surface area contributed by atoms with Gasteiger partial charge in [-0.3, -0.25) is 0 Å². The molecule has 0 bridgehead atoms. The Balaban J connectivity index is 2.09. The Morgan fingerprint density at radius 1 is 1.50 bits per heavy atom. The topological polar surface area (TPSA) is 35.0 Å². The Labute approximate surface area is 103 Å². The van der Waals surface area contributed by atoms with Crippen LogP contribution in [0.5, 0.6) is 0 Å². The lowest BCUT2D eigenvalue weighted by Crippen LogP contribution is -2.00. The molecule has 0 saturated carbocycles. The number of rotatable bonds is 5. The summed E-state index contributed by atoms with van der Waals surface area (Å²) in [6, 6.07) is 1.92. The van der Waals surface area contributed by atoms with Crippen LogP contribution >= 0.6 is 22.9 Å². The number of ether oxygens (including phenoxy) is 1. The van der Waals surface area contributed by atoms with Crippen LogP contribution < -0.4 is 0 Å². The predicted molar refractivity (Wildman–Crippen MR) is 66.9 cm³/mol. The fourth-order valence-electron chi connectivity index (χ4n) is 1.26. The molecule has 2 heterocycles. The number of hydrogen-bond acceptors (Lipinski definition) is 4. The SMILES string of the molecule is C=CCCOCc1nc(Cl)c2ccsc2n1. The van der Waals surface area contributed by atoms with Gasteiger partial charge in [-0.05, 0) is 17.9 Å². The Morgan fingerprint density at radius 3 is 3.19 bits per heavy atom. The van der Waals surface area contributed by atoms with Gasteiger partial charge in [0.1, 0.15) is 16.6 Å². The number of aromatic nitrogens is 2. The fraction of sp³-hybridized carbons (Fsp3) is 0.273. The third-order valence-corrected chi connectivity index (χ3v) is 3.12. The molecule has 0 radical (unpaired) electrons. The summed E-state index contributed by atoms with van der Waals surface area (Å²) in [5, 5.41) is 3.35. The lowest BCUT2D eigenvalue weighted by molar-refractivity contribution is 0.120. The van der Waals surface area contributed by atoms with E-state index in [1.54, 1.807) is 11.3 Å². The van der Waals surface area contributed by atoms with Gasteiger partial charge in [-0.25, -0.2) is 9.97 Å². The highest BCUT2D eigenvalue weighted by Gasteiger charge is 2.06. The second kappa shape index (κ2) is 5.39. The van der Waals surface area contributed by atoms with E-state index in [0.717, 1.165) is 16.6 Å². The normalized spacial score (nSPS) is 10.8. The molecule has 2 aromatic heterocycles. The molecule has 0 atom stereocenters. The van der Waals surface area contributed by atoms with Crippen LogP contribution in [0, 0.1) is 0 Å². The van der Waals surface area contributed by atoms with E-state index in [1.165, 1.54) is 0 Å². The molecule has 0 fully saturated rings. The summed E-state index contributed by atoms with van der Waals surface area (Å²) in [5.41, 5.74) is 0. The molecular formula is C11H11ClN2OS. The van der Waals surface area contributed by atoms with Gasteiger partial charge in [0.05, 0.1) is 6.61 Å². The zero-order valence-electron chi connectivity index (χ0n) is 8.65. The minimum Gasteiger partial charge on any atom is -0.373 e. The summed E-state index contributed by atoms with van der Waals surface area (Å²) in [4.78, 5) is 9.45. The number of nitrogens with zero attached hydrogens (tertiary/aromatic N) is 2. The highest BCUT2D eigenvalue weighted by molar-refractivity contribution is 7.16. The summed E-state index contributed by atoms with van der Waals surface area (Å²) >= 11 is 7.58. The Hall–Kier alpha value is -0.970. The van der Waals surface area contributed by atoms with E-state index in [4.69, 9.17) is 16.3 Å². The third-order valence-electron chi connectivity index (χ3n) is 2.02. The van der Waals surface area contributed by atoms with Crippen LogP contribution in [0.15, 0.2) is 24.1 Å². The van der Waals surface area contributed by atoms with Crippen LogP contribution in [0.25, 0.3) is 10.2 Å². The summed E-state index contributed by atoms with van der Waals surface area (Å²) < 4.78 is 5.39. The summed E-state index contributed by atoms with van der Waals surface area (Å²) in [7, 11) is 0. The average Bonchev–Trinajstić information content (AvgIpc) is 2.73. The number of halogens is 1. The van der Waals surface area contributed by atoms with Gasteiger partial charge in [-0.1, -0.05) is 17.7 Å². The number of thiophene rings is 1. The molecule has 5 heteroatoms. The van der Waals surface area contributed by atoms with Gasteiger partial charge in [-0.2, -0.15) is 0 Å². The molecule has 0 aliphatic carbocycles. The molecule has 2 rings (SSSR count). The van der Waals surface area contributed by atoms with Gasteiger partial charge >= 0.3 is 0 Å². The lowest BCUT2D eigenvalue weighted by Gasteiger charge is -2.02. The Morgan fingerprint density at radius 2 is 2.38 bits per heavy atom. The first kappa shape index (κ1) is 11.5. The lowest BCUT2D eigenvalue weighted by atomic mass is 10.4. The Bertz CT molecular complexity index is 498. The largest absolute Gasteiger partial charge is 0.373 e. The van der Waals surface area contributed by atoms with Gasteiger partial charge in [0.15, 0.2) is 5.82 Å². The van der Waals surface area contributed by atoms with E-state index in [9.17, 15) is 0 Å². The van der Waals surface area contributed by atoms with Gasteiger partial charge < -0.3 is 4.74 Å². The van der Waals surface area contributed by atoms with Crippen molar-refractivity contribution in [2.24, 2.45) is 0 Å². The minimum absolute atomic E-state index is 0.390. The molecule has 84 valence electrons. The molecule has 0 N–H and O–H groups in total. The maximum Gasteiger partial charge on any atom is 0.157 e. The molecule has 2 aromatic rings. The van der Waals surface area contributed by atoms with Crippen LogP contribution in [0.2, 0.25) is 5.15 Å². The van der Waals surface area contributed by atoms with Crippen molar-refractivity contribution in [1.29, 1.82) is 0 Å². The predicted octanol–water partition coefficient (Wildman–Crippen LogP) is 3.44. The van der Waals surface area contributed by atoms with E-state index in [2.05, 4.69) is 16.5 Å². The van der Waals surface area contributed by atoms with Crippen molar-refractivity contribution in [3.63, 3.8) is 0 Å². The van der Waals surface area contributed by atoms with Crippen LogP contribution in [-0.2, 0) is 11.3 Å². The maximum absolute atomic E-state index is 6.03. The van der Waals surface area contributed by atoms with Gasteiger partial charge in [0.2, 0.25) is 0 Å². The highest BCUT2D eigenvalue weighted by atomic mass is 35.5. The first-order chi connectivity index (χ1) is 7.81. The molecule has 0 amide bonds. The quantitative estimate of drug-likeness (QED) is 0.466. The molecule has 16 heavy (non-hydrogen) atoms. The second-order valence-electron chi connectivity index (χ2n) is 3.20. The molecule has 0 spiro atoms. The van der Waals surface area contributed by atoms with Crippen molar-refractivity contribution < 1.29 is 4.74 Å². The highest BCUT2D eigenvalue weighted by Crippen LogP contribution is 2.24. The van der Waals surface area contributed by atoms with Crippen molar-refractivity contribution >= 4 is 33.2 Å². The zero-order chi connectivity index (χ0) is 11.4. The molecule has 0 unspecified atom stereocenters. The fourth-order valence-corrected chi connectivity index (χ4v) is 2.34. The maximum atomic E-state index is 6.03. The average molecular weight is 255 g/mol. The molecule has 0 aliphatic heterocycles. The van der Waals surface area contributed by atoms with E-state index >= 15 is 0 Å². The van der Waals surface area contributed by atoms with Crippen molar-refractivity contribution in [3.05, 3.63) is 35.1 Å². The van der Waals surface area contributed by atoms with Crippen LogP contribution in [0.4, 0.5) is 0 Å². The van der Waals surface area contributed by atoms with E-state index in [1.807, 2.05) is 17.5 Å². The van der Waals surface area contributed by atoms with Crippen molar-refractivity contribution in [3.8, 4) is 0 Å². The monoisotopic (exact) mass is 254 g/mol. The summed E-state index contributed by atoms with van der Waals surface area (Å²) in [6.07, 6.45) is 2.64. The third kappa shape index (κ3) is 2.58. The minimum atomic E-state index is 0.390. The first-order valence-corrected chi connectivity index (χ1v) is 6.15. The van der Waals surface area contributed by atoms with E-state index in [-0.39, 0.29) is 0 Å². The van der Waals surface area contributed by atoms with E-state index in [0.29, 0.717) is 24.2 Å². The molecule has 0 aromatic carbocycles. The first-order valence-electron chi connectivity index (χ1n) is 4.89. The smallest absolute Gasteiger partial charge is 0.157 e. The molecule has 0 aliphatic rings. The number of hydrogen-bond donors (Lipinski definition) is 0. The number of fused-ring (bicyclic) bond motifs is 1. The van der Waals surface area contributed by atoms with Crippen molar-refractivity contribution in [2.45, 2.75) is 13.0 Å². The van der Waals surface area contributed by atoms with Gasteiger partial charge in [0, 0.05) is 5.39 Å². The summed E-state index contributed by atoms with van der Waals surface area (Å²) in [5.74, 6) is 0.629. The van der Waals surface area contributed by atoms with Crippen molar-refractivity contribution in [1.82, 2.24) is 9.97 Å². The van der Waals surface area contributed by atoms with Crippen LogP contribution in [0.3, 0.4) is 0 Å². The summed E-state index contributed by atoms with van der Waals surface area (Å²) in [6.45, 7) is 4.64. The van der Waals surface area contributed by atoms with Crippen LogP contribution in [-0.4, -0.2) is 16.6 Å². The van der Waals surface area contributed by atoms with Crippen molar-refractivity contribution in [2.75, 3.05) is 6.61 Å². The molecular weight excluding hydrogens is 244 g/mol. The standard InChI is InChI=1S/C11H11ClN2OS/c1-2-3-5-15-7-9-13-10(12)8-4-6-16-11(8)14-9/h2,4,6H,1,3,5,7H2. The van der Waals surface area contributed by atoms with Crippen LogP contribution in [0.1, 0.15) is 12.2 Å². The van der Waals surface area contributed by atoms with Gasteiger partial charge in [-0.15, -0.1) is 17.9 Å². The van der Waals surface area contributed by atoms with Gasteiger partial charge in [0.25, 0.3) is 0 Å². The molecule has 3 nitrogen and oxygen atoms in total. The zero-order valence-corrected chi connectivity index (χ0v) is 10.2. The second-order valence-corrected chi connectivity index (χ2v) is 4.45.